The lowest BCUT2D eigenvalue weighted by Gasteiger charge is -2.09. The van der Waals surface area contributed by atoms with Crippen molar-refractivity contribution in [2.24, 2.45) is 0 Å². The lowest BCUT2D eigenvalue weighted by molar-refractivity contribution is 1.06. The largest absolute Gasteiger partial charge is 0.0985 e. The van der Waals surface area contributed by atoms with Gasteiger partial charge < -0.3 is 0 Å². The second-order valence-electron chi connectivity index (χ2n) is 3.38. The molecule has 1 aromatic rings. The second kappa shape index (κ2) is 4.27. The van der Waals surface area contributed by atoms with Crippen molar-refractivity contribution in [1.29, 1.82) is 0 Å². The number of hydrogen-bond acceptors (Lipinski definition) is 0. The molecule has 0 aliphatic heterocycles. The minimum absolute atomic E-state index is 1.11. The van der Waals surface area contributed by atoms with E-state index in [4.69, 9.17) is 0 Å². The van der Waals surface area contributed by atoms with Gasteiger partial charge in [-0.3, -0.25) is 0 Å². The molecule has 0 bridgehead atoms. The third-order valence-corrected chi connectivity index (χ3v) is 2.62. The molecule has 0 aliphatic rings. The van der Waals surface area contributed by atoms with Gasteiger partial charge in [0.2, 0.25) is 0 Å². The first-order valence-corrected chi connectivity index (χ1v) is 4.97. The van der Waals surface area contributed by atoms with Gasteiger partial charge >= 0.3 is 0 Å². The van der Waals surface area contributed by atoms with E-state index < -0.39 is 0 Å². The standard InChI is InChI=1S/C13H18/c1-5-11-8-12(6-2)10(4)13(7-3)9-11/h6,8-9H,2,5,7H2,1,3-4H3. The summed E-state index contributed by atoms with van der Waals surface area (Å²) in [6.45, 7) is 10.4. The van der Waals surface area contributed by atoms with Gasteiger partial charge in [0.05, 0.1) is 0 Å². The summed E-state index contributed by atoms with van der Waals surface area (Å²) in [6, 6.07) is 4.55. The van der Waals surface area contributed by atoms with E-state index >= 15 is 0 Å². The Bertz CT molecular complexity index is 308. The minimum Gasteiger partial charge on any atom is -0.0985 e. The fourth-order valence-electron chi connectivity index (χ4n) is 1.65. The predicted octanol–water partition coefficient (Wildman–Crippen LogP) is 3.76. The highest BCUT2D eigenvalue weighted by Gasteiger charge is 2.02. The van der Waals surface area contributed by atoms with Crippen LogP contribution in [-0.2, 0) is 12.8 Å². The summed E-state index contributed by atoms with van der Waals surface area (Å²) < 4.78 is 0. The van der Waals surface area contributed by atoms with Gasteiger partial charge in [-0.15, -0.1) is 0 Å². The molecule has 1 aromatic carbocycles. The van der Waals surface area contributed by atoms with Crippen molar-refractivity contribution in [3.05, 3.63) is 41.0 Å². The molecule has 13 heavy (non-hydrogen) atoms. The van der Waals surface area contributed by atoms with Gasteiger partial charge in [0.1, 0.15) is 0 Å². The zero-order valence-corrected chi connectivity index (χ0v) is 8.85. The second-order valence-corrected chi connectivity index (χ2v) is 3.38. The fraction of sp³-hybridized carbons (Fsp3) is 0.385. The molecular formula is C13H18. The number of aryl methyl sites for hydroxylation is 2. The van der Waals surface area contributed by atoms with Crippen molar-refractivity contribution in [3.8, 4) is 0 Å². The first-order chi connectivity index (χ1) is 6.22. The maximum Gasteiger partial charge on any atom is -0.0228 e. The number of benzene rings is 1. The number of hydrogen-bond donors (Lipinski definition) is 0. The van der Waals surface area contributed by atoms with E-state index in [0.29, 0.717) is 0 Å². The monoisotopic (exact) mass is 174 g/mol. The van der Waals surface area contributed by atoms with Gasteiger partial charge in [-0.1, -0.05) is 38.6 Å². The summed E-state index contributed by atoms with van der Waals surface area (Å²) >= 11 is 0. The fourth-order valence-corrected chi connectivity index (χ4v) is 1.65. The quantitative estimate of drug-likeness (QED) is 0.654. The SMILES string of the molecule is C=Cc1cc(CC)cc(CC)c1C. The molecule has 0 amide bonds. The smallest absolute Gasteiger partial charge is 0.0228 e. The summed E-state index contributed by atoms with van der Waals surface area (Å²) in [5.74, 6) is 0. The van der Waals surface area contributed by atoms with Crippen molar-refractivity contribution >= 4 is 6.08 Å². The van der Waals surface area contributed by atoms with Gasteiger partial charge in [0.15, 0.2) is 0 Å². The Kier molecular flexibility index (Phi) is 3.30. The average Bonchev–Trinajstić information content (AvgIpc) is 2.18. The van der Waals surface area contributed by atoms with Crippen LogP contribution in [0.1, 0.15) is 36.1 Å². The molecule has 70 valence electrons. The summed E-state index contributed by atoms with van der Waals surface area (Å²) in [4.78, 5) is 0. The molecule has 1 rings (SSSR count). The molecule has 0 unspecified atom stereocenters. The highest BCUT2D eigenvalue weighted by molar-refractivity contribution is 5.55. The molecule has 0 atom stereocenters. The van der Waals surface area contributed by atoms with Crippen LogP contribution in [0.5, 0.6) is 0 Å². The van der Waals surface area contributed by atoms with Crippen LogP contribution in [0, 0.1) is 6.92 Å². The molecule has 0 heteroatoms. The molecule has 0 saturated carbocycles. The van der Waals surface area contributed by atoms with Crippen molar-refractivity contribution in [3.63, 3.8) is 0 Å². The van der Waals surface area contributed by atoms with E-state index in [1.807, 2.05) is 6.08 Å². The summed E-state index contributed by atoms with van der Waals surface area (Å²) in [6.07, 6.45) is 4.17. The predicted molar refractivity (Wildman–Crippen MR) is 60.0 cm³/mol. The van der Waals surface area contributed by atoms with Crippen LogP contribution in [0.25, 0.3) is 6.08 Å². The van der Waals surface area contributed by atoms with Gasteiger partial charge in [0, 0.05) is 0 Å². The third-order valence-electron chi connectivity index (χ3n) is 2.62. The van der Waals surface area contributed by atoms with E-state index in [-0.39, 0.29) is 0 Å². The third kappa shape index (κ3) is 2.00. The van der Waals surface area contributed by atoms with Crippen molar-refractivity contribution < 1.29 is 0 Å². The zero-order chi connectivity index (χ0) is 9.84. The Morgan fingerprint density at radius 2 is 1.92 bits per heavy atom. The molecular weight excluding hydrogens is 156 g/mol. The van der Waals surface area contributed by atoms with E-state index in [9.17, 15) is 0 Å². The molecule has 0 nitrogen and oxygen atoms in total. The molecule has 0 radical (unpaired) electrons. The first kappa shape index (κ1) is 10.0. The molecule has 0 aromatic heterocycles. The van der Waals surface area contributed by atoms with Crippen LogP contribution < -0.4 is 0 Å². The van der Waals surface area contributed by atoms with Gasteiger partial charge in [-0.25, -0.2) is 0 Å². The highest BCUT2D eigenvalue weighted by atomic mass is 14.1. The van der Waals surface area contributed by atoms with E-state index in [0.717, 1.165) is 12.8 Å². The normalized spacial score (nSPS) is 10.1. The first-order valence-electron chi connectivity index (χ1n) is 4.97. The molecule has 0 saturated heterocycles. The lowest BCUT2D eigenvalue weighted by Crippen LogP contribution is -1.93. The molecule has 0 fully saturated rings. The average molecular weight is 174 g/mol. The topological polar surface area (TPSA) is 0 Å². The Morgan fingerprint density at radius 1 is 1.23 bits per heavy atom. The highest BCUT2D eigenvalue weighted by Crippen LogP contribution is 2.19. The van der Waals surface area contributed by atoms with E-state index in [1.165, 1.54) is 22.3 Å². The van der Waals surface area contributed by atoms with Crippen molar-refractivity contribution in [1.82, 2.24) is 0 Å². The maximum atomic E-state index is 3.84. The van der Waals surface area contributed by atoms with Crippen LogP contribution in [0.3, 0.4) is 0 Å². The molecule has 0 heterocycles. The Labute approximate surface area is 81.3 Å². The van der Waals surface area contributed by atoms with Crippen LogP contribution in [0.4, 0.5) is 0 Å². The zero-order valence-electron chi connectivity index (χ0n) is 8.85. The Balaban J connectivity index is 3.28. The maximum absolute atomic E-state index is 3.84. The molecule has 0 spiro atoms. The summed E-state index contributed by atoms with van der Waals surface area (Å²) in [5.41, 5.74) is 5.54. The summed E-state index contributed by atoms with van der Waals surface area (Å²) in [5, 5.41) is 0. The van der Waals surface area contributed by atoms with Crippen LogP contribution >= 0.6 is 0 Å². The van der Waals surface area contributed by atoms with Gasteiger partial charge in [0.25, 0.3) is 0 Å². The van der Waals surface area contributed by atoms with Crippen molar-refractivity contribution in [2.45, 2.75) is 33.6 Å². The van der Waals surface area contributed by atoms with E-state index in [2.05, 4.69) is 39.5 Å². The summed E-state index contributed by atoms with van der Waals surface area (Å²) in [7, 11) is 0. The van der Waals surface area contributed by atoms with Crippen LogP contribution in [-0.4, -0.2) is 0 Å². The number of rotatable bonds is 3. The Hall–Kier alpha value is -1.04. The van der Waals surface area contributed by atoms with Gasteiger partial charge in [-0.2, -0.15) is 0 Å². The lowest BCUT2D eigenvalue weighted by atomic mass is 9.96. The molecule has 0 N–H and O–H groups in total. The van der Waals surface area contributed by atoms with Crippen molar-refractivity contribution in [2.75, 3.05) is 0 Å². The minimum atomic E-state index is 1.11. The van der Waals surface area contributed by atoms with E-state index in [1.54, 1.807) is 0 Å². The van der Waals surface area contributed by atoms with Gasteiger partial charge in [-0.05, 0) is 42.0 Å². The molecule has 0 aliphatic carbocycles. The Morgan fingerprint density at radius 3 is 2.38 bits per heavy atom. The van der Waals surface area contributed by atoms with Crippen LogP contribution in [0.15, 0.2) is 18.7 Å². The van der Waals surface area contributed by atoms with Crippen LogP contribution in [0.2, 0.25) is 0 Å².